The summed E-state index contributed by atoms with van der Waals surface area (Å²) in [5.74, 6) is 1.11. The molecule has 3 rings (SSSR count). The minimum atomic E-state index is 0.216. The molecule has 0 bridgehead atoms. The van der Waals surface area contributed by atoms with Crippen LogP contribution >= 0.6 is 0 Å². The molecule has 0 saturated heterocycles. The van der Waals surface area contributed by atoms with Crippen LogP contribution in [0.2, 0.25) is 0 Å². The number of allylic oxidation sites excluding steroid dienone is 1. The van der Waals surface area contributed by atoms with Crippen LogP contribution < -0.4 is 0 Å². The van der Waals surface area contributed by atoms with Gasteiger partial charge in [0, 0.05) is 11.1 Å². The second kappa shape index (κ2) is 11.2. The fourth-order valence-electron chi connectivity index (χ4n) is 3.52. The van der Waals surface area contributed by atoms with E-state index in [9.17, 15) is 10.2 Å². The number of rotatable bonds is 11. The molecule has 0 atom stereocenters. The first-order valence-corrected chi connectivity index (χ1v) is 10.9. The van der Waals surface area contributed by atoms with Crippen LogP contribution in [-0.4, -0.2) is 15.4 Å². The highest BCUT2D eigenvalue weighted by Gasteiger charge is 2.17. The number of aromatic nitrogens is 1. The van der Waals surface area contributed by atoms with Gasteiger partial charge in [-0.25, -0.2) is 0 Å². The molecule has 1 heterocycles. The molecule has 0 aliphatic carbocycles. The van der Waals surface area contributed by atoms with E-state index in [1.54, 1.807) is 24.3 Å². The molecule has 0 unspecified atom stereocenters. The van der Waals surface area contributed by atoms with E-state index >= 15 is 0 Å². The molecule has 0 radical (unpaired) electrons. The molecule has 158 valence electrons. The summed E-state index contributed by atoms with van der Waals surface area (Å²) in [6, 6.07) is 13.9. The van der Waals surface area contributed by atoms with Crippen LogP contribution in [0.1, 0.15) is 63.9 Å². The summed E-state index contributed by atoms with van der Waals surface area (Å²) in [5.41, 5.74) is 3.40. The zero-order valence-corrected chi connectivity index (χ0v) is 17.7. The Morgan fingerprint density at radius 1 is 0.767 bits per heavy atom. The number of hydrogen-bond donors (Lipinski definition) is 2. The van der Waals surface area contributed by atoms with Crippen LogP contribution in [0.3, 0.4) is 0 Å². The second-order valence-corrected chi connectivity index (χ2v) is 7.68. The highest BCUT2D eigenvalue weighted by molar-refractivity contribution is 5.81. The van der Waals surface area contributed by atoms with E-state index in [0.29, 0.717) is 5.76 Å². The van der Waals surface area contributed by atoms with Gasteiger partial charge in [-0.2, -0.15) is 0 Å². The monoisotopic (exact) mass is 405 g/mol. The third kappa shape index (κ3) is 5.99. The molecule has 0 amide bonds. The maximum Gasteiger partial charge on any atom is 0.174 e. The normalized spacial score (nSPS) is 11.4. The zero-order chi connectivity index (χ0) is 21.2. The molecule has 1 aromatic heterocycles. The molecule has 0 fully saturated rings. The van der Waals surface area contributed by atoms with Crippen molar-refractivity contribution in [2.24, 2.45) is 0 Å². The Bertz CT molecular complexity index is 861. The summed E-state index contributed by atoms with van der Waals surface area (Å²) < 4.78 is 5.69. The van der Waals surface area contributed by atoms with E-state index in [2.05, 4.69) is 24.2 Å². The first kappa shape index (κ1) is 21.7. The lowest BCUT2D eigenvalue weighted by atomic mass is 10.0. The number of nitrogens with zero attached hydrogens (tertiary/aromatic N) is 1. The molecule has 30 heavy (non-hydrogen) atoms. The van der Waals surface area contributed by atoms with Crippen molar-refractivity contribution in [1.82, 2.24) is 5.16 Å². The topological polar surface area (TPSA) is 66.5 Å². The average Bonchev–Trinajstić information content (AvgIpc) is 3.17. The quantitative estimate of drug-likeness (QED) is 0.323. The van der Waals surface area contributed by atoms with Crippen LogP contribution in [0.15, 0.2) is 59.1 Å². The van der Waals surface area contributed by atoms with E-state index in [1.165, 1.54) is 44.9 Å². The Morgan fingerprint density at radius 2 is 1.33 bits per heavy atom. The largest absolute Gasteiger partial charge is 0.508 e. The van der Waals surface area contributed by atoms with Gasteiger partial charge in [0.2, 0.25) is 0 Å². The van der Waals surface area contributed by atoms with Crippen molar-refractivity contribution in [2.75, 3.05) is 0 Å². The van der Waals surface area contributed by atoms with Crippen molar-refractivity contribution in [3.8, 4) is 34.1 Å². The molecular formula is C26H31NO3. The van der Waals surface area contributed by atoms with Gasteiger partial charge in [0.1, 0.15) is 17.2 Å². The van der Waals surface area contributed by atoms with Gasteiger partial charge in [-0.05, 0) is 61.4 Å². The summed E-state index contributed by atoms with van der Waals surface area (Å²) in [6.07, 6.45) is 14.3. The van der Waals surface area contributed by atoms with Gasteiger partial charge in [-0.1, -0.05) is 62.8 Å². The minimum absolute atomic E-state index is 0.216. The standard InChI is InChI=1S/C26H31NO3/c1-2-3-4-5-6-7-8-9-10-11-24-25(20-12-16-22(28)17-13-20)27-30-26(24)21-14-18-23(29)19-15-21/h10-19,28-29H,2-9H2,1H3/b11-10+. The van der Waals surface area contributed by atoms with E-state index in [4.69, 9.17) is 4.52 Å². The summed E-state index contributed by atoms with van der Waals surface area (Å²) >= 11 is 0. The third-order valence-corrected chi connectivity index (χ3v) is 5.26. The maximum absolute atomic E-state index is 9.59. The van der Waals surface area contributed by atoms with Crippen LogP contribution in [0.4, 0.5) is 0 Å². The SMILES string of the molecule is CCCCCCCCC/C=C/c1c(-c2ccc(O)cc2)noc1-c1ccc(O)cc1. The lowest BCUT2D eigenvalue weighted by Gasteiger charge is -2.02. The van der Waals surface area contributed by atoms with E-state index in [1.807, 2.05) is 24.3 Å². The number of benzene rings is 2. The Labute approximate surface area is 178 Å². The van der Waals surface area contributed by atoms with E-state index < -0.39 is 0 Å². The molecule has 0 aliphatic rings. The molecule has 4 nitrogen and oxygen atoms in total. The molecule has 2 aromatic carbocycles. The Balaban J connectivity index is 1.73. The summed E-state index contributed by atoms with van der Waals surface area (Å²) in [6.45, 7) is 2.24. The molecule has 4 heteroatoms. The van der Waals surface area contributed by atoms with Crippen molar-refractivity contribution >= 4 is 6.08 Å². The minimum Gasteiger partial charge on any atom is -0.508 e. The van der Waals surface area contributed by atoms with Crippen molar-refractivity contribution in [3.05, 3.63) is 60.2 Å². The number of phenolic OH excluding ortho intramolecular Hbond substituents is 2. The van der Waals surface area contributed by atoms with Crippen LogP contribution in [0.25, 0.3) is 28.7 Å². The third-order valence-electron chi connectivity index (χ3n) is 5.26. The maximum atomic E-state index is 9.59. The Kier molecular flexibility index (Phi) is 8.13. The highest BCUT2D eigenvalue weighted by Crippen LogP contribution is 2.34. The molecule has 0 aliphatic heterocycles. The van der Waals surface area contributed by atoms with Gasteiger partial charge in [0.25, 0.3) is 0 Å². The lowest BCUT2D eigenvalue weighted by Crippen LogP contribution is -1.83. The summed E-state index contributed by atoms with van der Waals surface area (Å²) in [5, 5.41) is 23.5. The van der Waals surface area contributed by atoms with Crippen molar-refractivity contribution in [3.63, 3.8) is 0 Å². The fraction of sp³-hybridized carbons (Fsp3) is 0.346. The predicted molar refractivity (Wildman–Crippen MR) is 122 cm³/mol. The second-order valence-electron chi connectivity index (χ2n) is 7.68. The summed E-state index contributed by atoms with van der Waals surface area (Å²) in [4.78, 5) is 0. The molecule has 3 aromatic rings. The van der Waals surface area contributed by atoms with Gasteiger partial charge in [-0.3, -0.25) is 0 Å². The Hall–Kier alpha value is -3.01. The molecule has 0 saturated carbocycles. The van der Waals surface area contributed by atoms with E-state index in [-0.39, 0.29) is 11.5 Å². The number of phenols is 2. The van der Waals surface area contributed by atoms with Crippen LogP contribution in [-0.2, 0) is 0 Å². The molecule has 2 N–H and O–H groups in total. The van der Waals surface area contributed by atoms with Crippen molar-refractivity contribution in [1.29, 1.82) is 0 Å². The molecule has 0 spiro atoms. The van der Waals surface area contributed by atoms with Gasteiger partial charge in [0.15, 0.2) is 5.76 Å². The molecular weight excluding hydrogens is 374 g/mol. The van der Waals surface area contributed by atoms with Crippen molar-refractivity contribution < 1.29 is 14.7 Å². The average molecular weight is 406 g/mol. The Morgan fingerprint density at radius 3 is 1.97 bits per heavy atom. The highest BCUT2D eigenvalue weighted by atomic mass is 16.5. The van der Waals surface area contributed by atoms with Crippen LogP contribution in [0, 0.1) is 0 Å². The predicted octanol–water partition coefficient (Wildman–Crippen LogP) is 7.57. The smallest absolute Gasteiger partial charge is 0.174 e. The lowest BCUT2D eigenvalue weighted by molar-refractivity contribution is 0.434. The number of unbranched alkanes of at least 4 members (excludes halogenated alkanes) is 7. The van der Waals surface area contributed by atoms with Gasteiger partial charge < -0.3 is 14.7 Å². The zero-order valence-electron chi connectivity index (χ0n) is 17.7. The first-order valence-electron chi connectivity index (χ1n) is 10.9. The van der Waals surface area contributed by atoms with Gasteiger partial charge in [0.05, 0.1) is 5.56 Å². The fourth-order valence-corrected chi connectivity index (χ4v) is 3.52. The van der Waals surface area contributed by atoms with Gasteiger partial charge in [-0.15, -0.1) is 0 Å². The van der Waals surface area contributed by atoms with Gasteiger partial charge >= 0.3 is 0 Å². The van der Waals surface area contributed by atoms with E-state index in [0.717, 1.165) is 28.8 Å². The van der Waals surface area contributed by atoms with Crippen molar-refractivity contribution in [2.45, 2.75) is 58.3 Å². The summed E-state index contributed by atoms with van der Waals surface area (Å²) in [7, 11) is 0. The number of aromatic hydroxyl groups is 2. The number of hydrogen-bond acceptors (Lipinski definition) is 4. The first-order chi connectivity index (χ1) is 14.7. The van der Waals surface area contributed by atoms with Crippen LogP contribution in [0.5, 0.6) is 11.5 Å².